The highest BCUT2D eigenvalue weighted by Gasteiger charge is 2.30. The second-order valence-corrected chi connectivity index (χ2v) is 9.24. The number of ketones is 1. The fraction of sp³-hybridized carbons (Fsp3) is 0.0667. The number of hydrogen-bond donors (Lipinski definition) is 5. The molecule has 0 fully saturated rings. The lowest BCUT2D eigenvalue weighted by Crippen LogP contribution is -2.20. The fourth-order valence-corrected chi connectivity index (χ4v) is 4.63. The van der Waals surface area contributed by atoms with Gasteiger partial charge in [-0.2, -0.15) is 0 Å². The highest BCUT2D eigenvalue weighted by molar-refractivity contribution is 6.02. The van der Waals surface area contributed by atoms with Crippen LogP contribution in [0.3, 0.4) is 0 Å². The summed E-state index contributed by atoms with van der Waals surface area (Å²) in [6, 6.07) is 16.8. The van der Waals surface area contributed by atoms with Crippen molar-refractivity contribution >= 4 is 16.8 Å². The van der Waals surface area contributed by atoms with Crippen LogP contribution in [0, 0.1) is 0 Å². The van der Waals surface area contributed by atoms with E-state index in [1.54, 1.807) is 24.3 Å². The number of Topliss-reactive ketones (excluding diaryl/α,β-unsaturated/α-hetero) is 1. The van der Waals surface area contributed by atoms with Crippen molar-refractivity contribution in [1.29, 1.82) is 0 Å². The monoisotopic (exact) mass is 540 g/mol. The van der Waals surface area contributed by atoms with E-state index < -0.39 is 17.3 Å². The predicted molar refractivity (Wildman–Crippen MR) is 142 cm³/mol. The molecule has 10 heteroatoms. The van der Waals surface area contributed by atoms with Gasteiger partial charge in [0.1, 0.15) is 62.9 Å². The molecule has 1 atom stereocenters. The van der Waals surface area contributed by atoms with Crippen LogP contribution in [-0.4, -0.2) is 31.3 Å². The molecule has 200 valence electrons. The Bertz CT molecular complexity index is 1870. The first-order chi connectivity index (χ1) is 19.2. The van der Waals surface area contributed by atoms with Crippen LogP contribution in [-0.2, 0) is 0 Å². The Morgan fingerprint density at radius 3 is 2.25 bits per heavy atom. The molecular weight excluding hydrogens is 520 g/mol. The predicted octanol–water partition coefficient (Wildman–Crippen LogP) is 5.49. The van der Waals surface area contributed by atoms with Crippen LogP contribution in [0.4, 0.5) is 0 Å². The van der Waals surface area contributed by atoms with E-state index in [4.69, 9.17) is 13.9 Å². The van der Waals surface area contributed by atoms with E-state index >= 15 is 0 Å². The van der Waals surface area contributed by atoms with Crippen molar-refractivity contribution in [3.8, 4) is 57.3 Å². The molecule has 6 rings (SSSR count). The van der Waals surface area contributed by atoms with E-state index in [2.05, 4.69) is 0 Å². The molecule has 0 aliphatic carbocycles. The lowest BCUT2D eigenvalue weighted by molar-refractivity contribution is 0.0845. The topological polar surface area (TPSA) is 167 Å². The van der Waals surface area contributed by atoms with E-state index in [0.29, 0.717) is 16.9 Å². The van der Waals surface area contributed by atoms with Crippen molar-refractivity contribution in [2.75, 3.05) is 0 Å². The van der Waals surface area contributed by atoms with Crippen LogP contribution in [0.2, 0.25) is 0 Å². The average molecular weight is 540 g/mol. The second kappa shape index (κ2) is 9.28. The Kier molecular flexibility index (Phi) is 5.73. The van der Waals surface area contributed by atoms with Crippen LogP contribution in [0.25, 0.3) is 22.3 Å². The number of phenolic OH excluding ortho intramolecular Hbond substituents is 5. The standard InChI is InChI=1S/C30H20O10/c31-16-8-20(34)29-22(36)12-24(39-27(29)10-16)14-1-4-18(5-2-14)38-26-7-15(3-6-19(26)33)25-13-23(37)30-21(35)9-17(32)11-28(30)40-25/h1-11,13,24,31-35H,12H2. The van der Waals surface area contributed by atoms with Gasteiger partial charge >= 0.3 is 0 Å². The first-order valence-electron chi connectivity index (χ1n) is 12.0. The van der Waals surface area contributed by atoms with E-state index in [1.165, 1.54) is 36.4 Å². The minimum Gasteiger partial charge on any atom is -0.508 e. The first kappa shape index (κ1) is 24.7. The minimum atomic E-state index is -0.651. The highest BCUT2D eigenvalue weighted by Crippen LogP contribution is 2.42. The maximum absolute atomic E-state index is 12.6. The van der Waals surface area contributed by atoms with E-state index in [0.717, 1.165) is 12.1 Å². The van der Waals surface area contributed by atoms with Gasteiger partial charge in [0.2, 0.25) is 0 Å². The van der Waals surface area contributed by atoms with Crippen molar-refractivity contribution in [2.45, 2.75) is 12.5 Å². The summed E-state index contributed by atoms with van der Waals surface area (Å²) in [5, 5.41) is 49.8. The SMILES string of the molecule is O=C1CC(c2ccc(Oc3cc(-c4cc(=O)c5c(O)cc(O)cc5o4)ccc3O)cc2)Oc2cc(O)cc(O)c21. The van der Waals surface area contributed by atoms with Gasteiger partial charge < -0.3 is 39.4 Å². The van der Waals surface area contributed by atoms with Gasteiger partial charge in [0.25, 0.3) is 0 Å². The lowest BCUT2D eigenvalue weighted by Gasteiger charge is -2.26. The molecule has 1 aromatic heterocycles. The summed E-state index contributed by atoms with van der Waals surface area (Å²) in [5.74, 6) is -1.12. The van der Waals surface area contributed by atoms with E-state index in [1.807, 2.05) is 0 Å². The Hall–Kier alpha value is -5.64. The minimum absolute atomic E-state index is 0.0115. The molecule has 0 saturated heterocycles. The number of aromatic hydroxyl groups is 5. The molecule has 5 aromatic rings. The van der Waals surface area contributed by atoms with Crippen molar-refractivity contribution in [1.82, 2.24) is 0 Å². The normalized spacial score (nSPS) is 14.5. The van der Waals surface area contributed by atoms with Gasteiger partial charge in [-0.3, -0.25) is 9.59 Å². The van der Waals surface area contributed by atoms with Crippen LogP contribution in [0.5, 0.6) is 46.0 Å². The number of hydrogen-bond acceptors (Lipinski definition) is 10. The molecule has 0 saturated carbocycles. The molecule has 4 aromatic carbocycles. The largest absolute Gasteiger partial charge is 0.508 e. The van der Waals surface area contributed by atoms with Gasteiger partial charge in [0.05, 0.1) is 6.42 Å². The first-order valence-corrected chi connectivity index (χ1v) is 12.0. The average Bonchev–Trinajstić information content (AvgIpc) is 2.89. The number of carbonyl (C=O) groups is 1. The number of carbonyl (C=O) groups excluding carboxylic acids is 1. The van der Waals surface area contributed by atoms with Crippen molar-refractivity contribution < 1.29 is 44.2 Å². The summed E-state index contributed by atoms with van der Waals surface area (Å²) in [7, 11) is 0. The summed E-state index contributed by atoms with van der Waals surface area (Å²) >= 11 is 0. The van der Waals surface area contributed by atoms with Gasteiger partial charge in [0, 0.05) is 35.9 Å². The Morgan fingerprint density at radius 2 is 1.48 bits per heavy atom. The molecule has 0 radical (unpaired) electrons. The third-order valence-corrected chi connectivity index (χ3v) is 6.50. The zero-order valence-corrected chi connectivity index (χ0v) is 20.5. The van der Waals surface area contributed by atoms with Crippen LogP contribution in [0.15, 0.2) is 82.0 Å². The Labute approximate surface area is 225 Å². The molecular formula is C30H20O10. The number of phenols is 5. The zero-order chi connectivity index (χ0) is 28.1. The van der Waals surface area contributed by atoms with Gasteiger partial charge in [-0.05, 0) is 35.9 Å². The van der Waals surface area contributed by atoms with E-state index in [9.17, 15) is 35.1 Å². The molecule has 1 unspecified atom stereocenters. The summed E-state index contributed by atoms with van der Waals surface area (Å²) < 4.78 is 17.4. The van der Waals surface area contributed by atoms with Gasteiger partial charge in [-0.1, -0.05) is 12.1 Å². The number of ether oxygens (including phenoxy) is 2. The van der Waals surface area contributed by atoms with Crippen LogP contribution < -0.4 is 14.9 Å². The van der Waals surface area contributed by atoms with E-state index in [-0.39, 0.29) is 69.0 Å². The molecule has 0 spiro atoms. The number of fused-ring (bicyclic) bond motifs is 2. The van der Waals surface area contributed by atoms with Gasteiger partial charge in [0.15, 0.2) is 22.7 Å². The molecule has 40 heavy (non-hydrogen) atoms. The third-order valence-electron chi connectivity index (χ3n) is 6.50. The number of benzene rings is 4. The van der Waals surface area contributed by atoms with Gasteiger partial charge in [-0.15, -0.1) is 0 Å². The molecule has 2 heterocycles. The zero-order valence-electron chi connectivity index (χ0n) is 20.5. The molecule has 0 bridgehead atoms. The van der Waals surface area contributed by atoms with Crippen LogP contribution in [0.1, 0.15) is 28.4 Å². The molecule has 0 amide bonds. The molecule has 1 aliphatic heterocycles. The lowest BCUT2D eigenvalue weighted by atomic mass is 9.95. The third kappa shape index (κ3) is 4.37. The van der Waals surface area contributed by atoms with Crippen molar-refractivity contribution in [3.05, 3.63) is 94.1 Å². The van der Waals surface area contributed by atoms with Crippen molar-refractivity contribution in [2.24, 2.45) is 0 Å². The van der Waals surface area contributed by atoms with Crippen molar-refractivity contribution in [3.63, 3.8) is 0 Å². The summed E-state index contributed by atoms with van der Waals surface area (Å²) in [6.45, 7) is 0. The quantitative estimate of drug-likeness (QED) is 0.197. The molecule has 1 aliphatic rings. The summed E-state index contributed by atoms with van der Waals surface area (Å²) in [5.41, 5.74) is 0.543. The smallest absolute Gasteiger partial charge is 0.197 e. The molecule has 5 N–H and O–H groups in total. The summed E-state index contributed by atoms with van der Waals surface area (Å²) in [4.78, 5) is 25.2. The second-order valence-electron chi connectivity index (χ2n) is 9.24. The van der Waals surface area contributed by atoms with Gasteiger partial charge in [-0.25, -0.2) is 0 Å². The Balaban J connectivity index is 1.26. The fourth-order valence-electron chi connectivity index (χ4n) is 4.63. The van der Waals surface area contributed by atoms with Crippen LogP contribution >= 0.6 is 0 Å². The summed E-state index contributed by atoms with van der Waals surface area (Å²) in [6.07, 6.45) is -0.664. The molecule has 10 nitrogen and oxygen atoms in total. The maximum atomic E-state index is 12.6. The Morgan fingerprint density at radius 1 is 0.750 bits per heavy atom. The highest BCUT2D eigenvalue weighted by atomic mass is 16.5. The number of rotatable bonds is 4. The maximum Gasteiger partial charge on any atom is 0.197 e.